The maximum atomic E-state index is 12.0. The standard InChI is InChI=1S/C14H16ClNO4S/c15-12-5-3-11(4-6-12)7-10-21(19,20)16-14(13(17)18)8-1-2-9-14/h3-7,10,16H,1-2,8-9H2,(H,17,18)/b10-7+. The van der Waals surface area contributed by atoms with Crippen LogP contribution in [0.1, 0.15) is 31.2 Å². The number of aliphatic carboxylic acids is 1. The molecule has 1 aromatic carbocycles. The topological polar surface area (TPSA) is 83.5 Å². The van der Waals surface area contributed by atoms with Crippen LogP contribution in [0.3, 0.4) is 0 Å². The van der Waals surface area contributed by atoms with Gasteiger partial charge >= 0.3 is 5.97 Å². The van der Waals surface area contributed by atoms with Crippen LogP contribution in [0.5, 0.6) is 0 Å². The Kier molecular flexibility index (Phi) is 4.70. The van der Waals surface area contributed by atoms with Crippen LogP contribution in [-0.2, 0) is 14.8 Å². The molecule has 0 atom stereocenters. The molecule has 0 bridgehead atoms. The Labute approximate surface area is 128 Å². The lowest BCUT2D eigenvalue weighted by atomic mass is 10.0. The average Bonchev–Trinajstić information content (AvgIpc) is 2.87. The number of nitrogens with one attached hydrogen (secondary N) is 1. The van der Waals surface area contributed by atoms with Crippen LogP contribution in [-0.4, -0.2) is 25.0 Å². The van der Waals surface area contributed by atoms with Crippen LogP contribution in [0.2, 0.25) is 5.02 Å². The van der Waals surface area contributed by atoms with Crippen molar-refractivity contribution in [1.29, 1.82) is 0 Å². The summed E-state index contributed by atoms with van der Waals surface area (Å²) in [6.07, 6.45) is 3.45. The lowest BCUT2D eigenvalue weighted by Gasteiger charge is -2.23. The third kappa shape index (κ3) is 4.06. The molecular weight excluding hydrogens is 314 g/mol. The van der Waals surface area contributed by atoms with Crippen LogP contribution in [0, 0.1) is 0 Å². The van der Waals surface area contributed by atoms with Gasteiger partial charge in [0.05, 0.1) is 0 Å². The first-order valence-corrected chi connectivity index (χ1v) is 8.46. The van der Waals surface area contributed by atoms with E-state index in [1.807, 2.05) is 0 Å². The van der Waals surface area contributed by atoms with Gasteiger partial charge in [-0.2, -0.15) is 4.72 Å². The molecule has 1 aliphatic carbocycles. The van der Waals surface area contributed by atoms with Crippen molar-refractivity contribution in [2.75, 3.05) is 0 Å². The normalized spacial score (nSPS) is 18.1. The first-order chi connectivity index (χ1) is 9.83. The van der Waals surface area contributed by atoms with Gasteiger partial charge in [0.1, 0.15) is 5.54 Å². The fourth-order valence-electron chi connectivity index (χ4n) is 2.39. The van der Waals surface area contributed by atoms with Crippen molar-refractivity contribution in [2.45, 2.75) is 31.2 Å². The average molecular weight is 330 g/mol. The largest absolute Gasteiger partial charge is 0.480 e. The fraction of sp³-hybridized carbons (Fsp3) is 0.357. The second-order valence-electron chi connectivity index (χ2n) is 5.10. The highest BCUT2D eigenvalue weighted by molar-refractivity contribution is 7.92. The van der Waals surface area contributed by atoms with Crippen LogP contribution in [0.4, 0.5) is 0 Å². The fourth-order valence-corrected chi connectivity index (χ4v) is 3.75. The van der Waals surface area contributed by atoms with Crippen LogP contribution < -0.4 is 4.72 Å². The summed E-state index contributed by atoms with van der Waals surface area (Å²) >= 11 is 5.75. The summed E-state index contributed by atoms with van der Waals surface area (Å²) < 4.78 is 26.4. The number of sulfonamides is 1. The second-order valence-corrected chi connectivity index (χ2v) is 7.10. The highest BCUT2D eigenvalue weighted by Gasteiger charge is 2.43. The van der Waals surface area contributed by atoms with Crippen LogP contribution in [0.15, 0.2) is 29.7 Å². The summed E-state index contributed by atoms with van der Waals surface area (Å²) in [4.78, 5) is 11.3. The van der Waals surface area contributed by atoms with Crippen molar-refractivity contribution in [3.63, 3.8) is 0 Å². The Hall–Kier alpha value is -1.37. The van der Waals surface area contributed by atoms with Crippen molar-refractivity contribution >= 4 is 33.7 Å². The van der Waals surface area contributed by atoms with E-state index in [4.69, 9.17) is 11.6 Å². The highest BCUT2D eigenvalue weighted by atomic mass is 35.5. The van der Waals surface area contributed by atoms with Gasteiger partial charge in [0, 0.05) is 10.4 Å². The van der Waals surface area contributed by atoms with E-state index >= 15 is 0 Å². The van der Waals surface area contributed by atoms with Crippen molar-refractivity contribution in [1.82, 2.24) is 4.72 Å². The number of halogens is 1. The molecule has 0 heterocycles. The van der Waals surface area contributed by atoms with Gasteiger partial charge in [0.15, 0.2) is 0 Å². The van der Waals surface area contributed by atoms with E-state index in [9.17, 15) is 18.3 Å². The zero-order chi connectivity index (χ0) is 15.5. The molecule has 1 aliphatic rings. The molecule has 0 unspecified atom stereocenters. The molecule has 2 N–H and O–H groups in total. The summed E-state index contributed by atoms with van der Waals surface area (Å²) in [6, 6.07) is 6.65. The minimum atomic E-state index is -3.82. The van der Waals surface area contributed by atoms with E-state index in [1.165, 1.54) is 6.08 Å². The molecule has 1 aromatic rings. The highest BCUT2D eigenvalue weighted by Crippen LogP contribution is 2.30. The molecular formula is C14H16ClNO4S. The Morgan fingerprint density at radius 1 is 1.24 bits per heavy atom. The van der Waals surface area contributed by atoms with E-state index in [-0.39, 0.29) is 0 Å². The van der Waals surface area contributed by atoms with Crippen molar-refractivity contribution in [2.24, 2.45) is 0 Å². The number of carboxylic acids is 1. The van der Waals surface area contributed by atoms with Gasteiger partial charge in [-0.3, -0.25) is 4.79 Å². The zero-order valence-corrected chi connectivity index (χ0v) is 12.8. The lowest BCUT2D eigenvalue weighted by Crippen LogP contribution is -2.51. The second kappa shape index (κ2) is 6.17. The summed E-state index contributed by atoms with van der Waals surface area (Å²) in [5.74, 6) is -1.12. The molecule has 0 aliphatic heterocycles. The van der Waals surface area contributed by atoms with Gasteiger partial charge in [0.25, 0.3) is 0 Å². The van der Waals surface area contributed by atoms with E-state index in [1.54, 1.807) is 24.3 Å². The monoisotopic (exact) mass is 329 g/mol. The number of carboxylic acid groups (broad SMARTS) is 1. The van der Waals surface area contributed by atoms with E-state index in [2.05, 4.69) is 4.72 Å². The van der Waals surface area contributed by atoms with Gasteiger partial charge in [0.2, 0.25) is 10.0 Å². The molecule has 21 heavy (non-hydrogen) atoms. The number of benzene rings is 1. The number of hydrogen-bond donors (Lipinski definition) is 2. The number of hydrogen-bond acceptors (Lipinski definition) is 3. The first-order valence-electron chi connectivity index (χ1n) is 6.54. The predicted octanol–water partition coefficient (Wildman–Crippen LogP) is 2.63. The quantitative estimate of drug-likeness (QED) is 0.869. The maximum Gasteiger partial charge on any atom is 0.324 e. The summed E-state index contributed by atoms with van der Waals surface area (Å²) in [5.41, 5.74) is -0.705. The van der Waals surface area contributed by atoms with Crippen LogP contribution >= 0.6 is 11.6 Å². The molecule has 0 spiro atoms. The molecule has 2 rings (SSSR count). The molecule has 1 saturated carbocycles. The van der Waals surface area contributed by atoms with Gasteiger partial charge < -0.3 is 5.11 Å². The first kappa shape index (κ1) is 16.0. The van der Waals surface area contributed by atoms with E-state index in [0.717, 1.165) is 5.41 Å². The smallest absolute Gasteiger partial charge is 0.324 e. The Morgan fingerprint density at radius 3 is 2.33 bits per heavy atom. The Bertz CT molecular complexity index is 646. The number of rotatable bonds is 5. The zero-order valence-electron chi connectivity index (χ0n) is 11.3. The third-order valence-electron chi connectivity index (χ3n) is 3.51. The van der Waals surface area contributed by atoms with Gasteiger partial charge in [-0.1, -0.05) is 36.6 Å². The summed E-state index contributed by atoms with van der Waals surface area (Å²) in [7, 11) is -3.82. The molecule has 114 valence electrons. The minimum absolute atomic E-state index is 0.316. The van der Waals surface area contributed by atoms with Gasteiger partial charge in [-0.25, -0.2) is 8.42 Å². The van der Waals surface area contributed by atoms with E-state index in [0.29, 0.717) is 36.3 Å². The molecule has 0 radical (unpaired) electrons. The van der Waals surface area contributed by atoms with Crippen LogP contribution in [0.25, 0.3) is 6.08 Å². The molecule has 7 heteroatoms. The predicted molar refractivity (Wildman–Crippen MR) is 81.4 cm³/mol. The molecule has 0 amide bonds. The molecule has 0 saturated heterocycles. The summed E-state index contributed by atoms with van der Waals surface area (Å²) in [6.45, 7) is 0. The third-order valence-corrected chi connectivity index (χ3v) is 4.94. The van der Waals surface area contributed by atoms with E-state index < -0.39 is 21.5 Å². The molecule has 0 aromatic heterocycles. The van der Waals surface area contributed by atoms with Gasteiger partial charge in [-0.05, 0) is 36.6 Å². The molecule has 5 nitrogen and oxygen atoms in total. The SMILES string of the molecule is O=C(O)C1(NS(=O)(=O)/C=C/c2ccc(Cl)cc2)CCCC1. The lowest BCUT2D eigenvalue weighted by molar-refractivity contribution is -0.143. The Morgan fingerprint density at radius 2 is 1.81 bits per heavy atom. The Balaban J connectivity index is 2.14. The van der Waals surface area contributed by atoms with Gasteiger partial charge in [-0.15, -0.1) is 0 Å². The molecule has 1 fully saturated rings. The summed E-state index contributed by atoms with van der Waals surface area (Å²) in [5, 5.41) is 10.8. The van der Waals surface area contributed by atoms with Crippen molar-refractivity contribution < 1.29 is 18.3 Å². The van der Waals surface area contributed by atoms with Crippen molar-refractivity contribution in [3.05, 3.63) is 40.3 Å². The minimum Gasteiger partial charge on any atom is -0.480 e. The maximum absolute atomic E-state index is 12.0. The number of carbonyl (C=O) groups is 1. The van der Waals surface area contributed by atoms with Crippen molar-refractivity contribution in [3.8, 4) is 0 Å².